The van der Waals surface area contributed by atoms with E-state index in [4.69, 9.17) is 5.26 Å². The summed E-state index contributed by atoms with van der Waals surface area (Å²) >= 11 is 3.51. The van der Waals surface area contributed by atoms with Crippen LogP contribution in [0.5, 0.6) is 0 Å². The third-order valence-electron chi connectivity index (χ3n) is 2.44. The van der Waals surface area contributed by atoms with Crippen molar-refractivity contribution in [2.45, 2.75) is 33.1 Å². The summed E-state index contributed by atoms with van der Waals surface area (Å²) in [7, 11) is 0. The van der Waals surface area contributed by atoms with Gasteiger partial charge in [0, 0.05) is 4.47 Å². The van der Waals surface area contributed by atoms with Gasteiger partial charge in [-0.3, -0.25) is 0 Å². The Morgan fingerprint density at radius 1 is 1.29 bits per heavy atom. The monoisotopic (exact) mass is 251 g/mol. The standard InChI is InChI=1S/C12H14BrN/c1-8-5-10(12(3,4)7-14)9(2)11(13)6-8/h5-6H,1-4H3. The topological polar surface area (TPSA) is 23.8 Å². The van der Waals surface area contributed by atoms with E-state index >= 15 is 0 Å². The highest BCUT2D eigenvalue weighted by Crippen LogP contribution is 2.31. The van der Waals surface area contributed by atoms with Gasteiger partial charge in [0.1, 0.15) is 0 Å². The lowest BCUT2D eigenvalue weighted by Crippen LogP contribution is -2.16. The summed E-state index contributed by atoms with van der Waals surface area (Å²) in [6.45, 7) is 7.97. The molecule has 1 rings (SSSR count). The fraction of sp³-hybridized carbons (Fsp3) is 0.417. The van der Waals surface area contributed by atoms with Crippen LogP contribution in [0, 0.1) is 25.2 Å². The van der Waals surface area contributed by atoms with Gasteiger partial charge in [0.15, 0.2) is 0 Å². The summed E-state index contributed by atoms with van der Waals surface area (Å²) in [4.78, 5) is 0. The molecule has 0 heterocycles. The highest BCUT2D eigenvalue weighted by molar-refractivity contribution is 9.10. The maximum Gasteiger partial charge on any atom is 0.0769 e. The zero-order valence-electron chi connectivity index (χ0n) is 8.98. The minimum atomic E-state index is -0.418. The lowest BCUT2D eigenvalue weighted by molar-refractivity contribution is 0.679. The first-order chi connectivity index (χ1) is 6.38. The van der Waals surface area contributed by atoms with Crippen molar-refractivity contribution < 1.29 is 0 Å². The fourth-order valence-electron chi connectivity index (χ4n) is 1.52. The number of aryl methyl sites for hydroxylation is 1. The van der Waals surface area contributed by atoms with Gasteiger partial charge in [-0.15, -0.1) is 0 Å². The van der Waals surface area contributed by atoms with Crippen LogP contribution in [-0.4, -0.2) is 0 Å². The second-order valence-corrected chi connectivity index (χ2v) is 5.01. The van der Waals surface area contributed by atoms with Crippen molar-refractivity contribution in [3.8, 4) is 6.07 Å². The first-order valence-electron chi connectivity index (χ1n) is 4.57. The van der Waals surface area contributed by atoms with Crippen molar-refractivity contribution >= 4 is 15.9 Å². The van der Waals surface area contributed by atoms with Gasteiger partial charge in [0.05, 0.1) is 11.5 Å². The van der Waals surface area contributed by atoms with E-state index in [0.717, 1.165) is 15.6 Å². The van der Waals surface area contributed by atoms with E-state index in [1.165, 1.54) is 5.56 Å². The molecule has 0 saturated carbocycles. The van der Waals surface area contributed by atoms with Crippen molar-refractivity contribution in [3.63, 3.8) is 0 Å². The van der Waals surface area contributed by atoms with Gasteiger partial charge in [0.2, 0.25) is 0 Å². The maximum atomic E-state index is 9.09. The van der Waals surface area contributed by atoms with E-state index in [-0.39, 0.29) is 0 Å². The van der Waals surface area contributed by atoms with Gasteiger partial charge in [-0.2, -0.15) is 5.26 Å². The molecular formula is C12H14BrN. The molecular weight excluding hydrogens is 238 g/mol. The lowest BCUT2D eigenvalue weighted by atomic mass is 9.83. The van der Waals surface area contributed by atoms with Crippen LogP contribution >= 0.6 is 15.9 Å². The van der Waals surface area contributed by atoms with Crippen LogP contribution < -0.4 is 0 Å². The molecule has 1 nitrogen and oxygen atoms in total. The van der Waals surface area contributed by atoms with Crippen LogP contribution in [0.1, 0.15) is 30.5 Å². The molecule has 0 N–H and O–H groups in total. The number of nitrogens with zero attached hydrogens (tertiary/aromatic N) is 1. The Balaban J connectivity index is 3.44. The van der Waals surface area contributed by atoms with Gasteiger partial charge < -0.3 is 0 Å². The predicted octanol–water partition coefficient (Wildman–Crippen LogP) is 3.87. The van der Waals surface area contributed by atoms with Crippen molar-refractivity contribution in [3.05, 3.63) is 33.3 Å². The number of nitriles is 1. The van der Waals surface area contributed by atoms with Crippen LogP contribution in [0.15, 0.2) is 16.6 Å². The zero-order chi connectivity index (χ0) is 10.9. The summed E-state index contributed by atoms with van der Waals surface area (Å²) in [5.74, 6) is 0. The molecule has 0 bridgehead atoms. The molecule has 0 amide bonds. The molecule has 0 aliphatic heterocycles. The highest BCUT2D eigenvalue weighted by Gasteiger charge is 2.22. The number of benzene rings is 1. The van der Waals surface area contributed by atoms with Gasteiger partial charge in [-0.25, -0.2) is 0 Å². The van der Waals surface area contributed by atoms with Crippen LogP contribution in [-0.2, 0) is 5.41 Å². The minimum absolute atomic E-state index is 0.418. The molecule has 1 aromatic rings. The van der Waals surface area contributed by atoms with E-state index in [2.05, 4.69) is 34.1 Å². The highest BCUT2D eigenvalue weighted by atomic mass is 79.9. The van der Waals surface area contributed by atoms with E-state index in [9.17, 15) is 0 Å². The normalized spacial score (nSPS) is 11.1. The average Bonchev–Trinajstić information content (AvgIpc) is 2.11. The Labute approximate surface area is 93.9 Å². The van der Waals surface area contributed by atoms with E-state index < -0.39 is 5.41 Å². The molecule has 2 heteroatoms. The Kier molecular flexibility index (Phi) is 3.01. The summed E-state index contributed by atoms with van der Waals surface area (Å²) in [6.07, 6.45) is 0. The smallest absolute Gasteiger partial charge is 0.0769 e. The molecule has 0 aliphatic rings. The largest absolute Gasteiger partial charge is 0.197 e. The number of halogens is 1. The summed E-state index contributed by atoms with van der Waals surface area (Å²) in [6, 6.07) is 6.49. The van der Waals surface area contributed by atoms with Crippen molar-refractivity contribution in [2.75, 3.05) is 0 Å². The molecule has 0 spiro atoms. The molecule has 0 aliphatic carbocycles. The maximum absolute atomic E-state index is 9.09. The average molecular weight is 252 g/mol. The molecule has 0 aromatic heterocycles. The predicted molar refractivity (Wildman–Crippen MR) is 62.3 cm³/mol. The first-order valence-corrected chi connectivity index (χ1v) is 5.36. The van der Waals surface area contributed by atoms with Crippen LogP contribution in [0.2, 0.25) is 0 Å². The van der Waals surface area contributed by atoms with Gasteiger partial charge in [0.25, 0.3) is 0 Å². The number of hydrogen-bond donors (Lipinski definition) is 0. The van der Waals surface area contributed by atoms with Gasteiger partial charge in [-0.05, 0) is 50.5 Å². The van der Waals surface area contributed by atoms with Crippen LogP contribution in [0.3, 0.4) is 0 Å². The van der Waals surface area contributed by atoms with E-state index in [0.29, 0.717) is 0 Å². The fourth-order valence-corrected chi connectivity index (χ4v) is 2.10. The second-order valence-electron chi connectivity index (χ2n) is 4.16. The molecule has 0 radical (unpaired) electrons. The second kappa shape index (κ2) is 3.74. The van der Waals surface area contributed by atoms with Crippen molar-refractivity contribution in [1.82, 2.24) is 0 Å². The van der Waals surface area contributed by atoms with Crippen LogP contribution in [0.25, 0.3) is 0 Å². The van der Waals surface area contributed by atoms with Gasteiger partial charge in [-0.1, -0.05) is 22.0 Å². The molecule has 1 aromatic carbocycles. The summed E-state index contributed by atoms with van der Waals surface area (Å²) in [5.41, 5.74) is 3.02. The third kappa shape index (κ3) is 1.99. The lowest BCUT2D eigenvalue weighted by Gasteiger charge is -2.20. The SMILES string of the molecule is Cc1cc(Br)c(C)c(C(C)(C)C#N)c1. The Morgan fingerprint density at radius 3 is 2.36 bits per heavy atom. The molecule has 0 atom stereocenters. The molecule has 74 valence electrons. The molecule has 0 saturated heterocycles. The Morgan fingerprint density at radius 2 is 1.86 bits per heavy atom. The number of hydrogen-bond acceptors (Lipinski definition) is 1. The number of rotatable bonds is 1. The third-order valence-corrected chi connectivity index (χ3v) is 3.27. The van der Waals surface area contributed by atoms with Crippen LogP contribution in [0.4, 0.5) is 0 Å². The van der Waals surface area contributed by atoms with Gasteiger partial charge >= 0.3 is 0 Å². The first kappa shape index (κ1) is 11.3. The van der Waals surface area contributed by atoms with Crippen molar-refractivity contribution in [2.24, 2.45) is 0 Å². The Hall–Kier alpha value is -0.810. The van der Waals surface area contributed by atoms with E-state index in [1.54, 1.807) is 0 Å². The zero-order valence-corrected chi connectivity index (χ0v) is 10.6. The molecule has 0 unspecified atom stereocenters. The summed E-state index contributed by atoms with van der Waals surface area (Å²) in [5, 5.41) is 9.09. The Bertz CT molecular complexity index is 400. The molecule has 0 fully saturated rings. The molecule has 14 heavy (non-hydrogen) atoms. The van der Waals surface area contributed by atoms with E-state index in [1.807, 2.05) is 27.7 Å². The minimum Gasteiger partial charge on any atom is -0.197 e. The van der Waals surface area contributed by atoms with Crippen molar-refractivity contribution in [1.29, 1.82) is 5.26 Å². The quantitative estimate of drug-likeness (QED) is 0.744. The summed E-state index contributed by atoms with van der Waals surface area (Å²) < 4.78 is 1.08.